The molecule has 0 radical (unpaired) electrons. The van der Waals surface area contributed by atoms with Gasteiger partial charge in [-0.1, -0.05) is 26.0 Å². The van der Waals surface area contributed by atoms with Crippen molar-refractivity contribution in [2.24, 2.45) is 5.92 Å². The number of aliphatic hydroxyl groups is 1. The maximum atomic E-state index is 10.3. The van der Waals surface area contributed by atoms with Crippen LogP contribution in [-0.2, 0) is 0 Å². The molecule has 0 saturated carbocycles. The van der Waals surface area contributed by atoms with Crippen molar-refractivity contribution in [3.8, 4) is 5.75 Å². The zero-order chi connectivity index (χ0) is 15.2. The zero-order valence-electron chi connectivity index (χ0n) is 13.4. The highest BCUT2D eigenvalue weighted by molar-refractivity contribution is 5.28. The molecule has 0 amide bonds. The Labute approximate surface area is 123 Å². The van der Waals surface area contributed by atoms with E-state index in [-0.39, 0.29) is 6.04 Å². The first kappa shape index (κ1) is 17.0. The van der Waals surface area contributed by atoms with Crippen molar-refractivity contribution < 1.29 is 9.84 Å². The van der Waals surface area contributed by atoms with E-state index in [9.17, 15) is 5.11 Å². The van der Waals surface area contributed by atoms with Gasteiger partial charge in [0, 0.05) is 12.6 Å². The molecule has 0 fully saturated rings. The van der Waals surface area contributed by atoms with Gasteiger partial charge in [-0.05, 0) is 50.8 Å². The van der Waals surface area contributed by atoms with Gasteiger partial charge in [-0.2, -0.15) is 0 Å². The van der Waals surface area contributed by atoms with E-state index in [0.717, 1.165) is 12.2 Å². The van der Waals surface area contributed by atoms with Crippen molar-refractivity contribution in [3.05, 3.63) is 29.8 Å². The van der Waals surface area contributed by atoms with E-state index in [1.54, 1.807) is 0 Å². The molecule has 2 atom stereocenters. The third-order valence-corrected chi connectivity index (χ3v) is 3.33. The predicted octanol–water partition coefficient (Wildman–Crippen LogP) is 3.53. The highest BCUT2D eigenvalue weighted by Gasteiger charge is 2.22. The molecule has 20 heavy (non-hydrogen) atoms. The Morgan fingerprint density at radius 3 is 2.30 bits per heavy atom. The lowest BCUT2D eigenvalue weighted by atomic mass is 9.94. The summed E-state index contributed by atoms with van der Waals surface area (Å²) in [5.41, 5.74) is 0.544. The van der Waals surface area contributed by atoms with Crippen LogP contribution in [0.15, 0.2) is 24.3 Å². The largest absolute Gasteiger partial charge is 0.494 e. The first-order valence-electron chi connectivity index (χ1n) is 7.52. The first-order chi connectivity index (χ1) is 9.34. The van der Waals surface area contributed by atoms with E-state index in [4.69, 9.17) is 4.74 Å². The molecule has 0 bridgehead atoms. The molecule has 1 aromatic carbocycles. The van der Waals surface area contributed by atoms with Crippen molar-refractivity contribution in [1.82, 2.24) is 5.32 Å². The van der Waals surface area contributed by atoms with Gasteiger partial charge in [0.2, 0.25) is 0 Å². The summed E-state index contributed by atoms with van der Waals surface area (Å²) in [5.74, 6) is 1.39. The monoisotopic (exact) mass is 279 g/mol. The average Bonchev–Trinajstić information content (AvgIpc) is 2.36. The number of hydrogen-bond acceptors (Lipinski definition) is 3. The molecule has 3 heteroatoms. The molecular weight excluding hydrogens is 250 g/mol. The summed E-state index contributed by atoms with van der Waals surface area (Å²) in [7, 11) is 0. The highest BCUT2D eigenvalue weighted by Crippen LogP contribution is 2.20. The Balaban J connectivity index is 2.51. The molecule has 2 unspecified atom stereocenters. The Morgan fingerprint density at radius 2 is 1.80 bits per heavy atom. The number of hydrogen-bond donors (Lipinski definition) is 2. The Morgan fingerprint density at radius 1 is 1.20 bits per heavy atom. The topological polar surface area (TPSA) is 41.5 Å². The van der Waals surface area contributed by atoms with E-state index in [1.165, 1.54) is 5.56 Å². The summed E-state index contributed by atoms with van der Waals surface area (Å²) in [6.07, 6.45) is 0.802. The third-order valence-electron chi connectivity index (χ3n) is 3.33. The van der Waals surface area contributed by atoms with E-state index in [0.29, 0.717) is 19.1 Å². The Hall–Kier alpha value is -1.06. The van der Waals surface area contributed by atoms with E-state index >= 15 is 0 Å². The van der Waals surface area contributed by atoms with Crippen molar-refractivity contribution in [2.45, 2.75) is 52.7 Å². The van der Waals surface area contributed by atoms with Gasteiger partial charge in [-0.3, -0.25) is 0 Å². The number of nitrogens with one attached hydrogen (secondary N) is 1. The fraction of sp³-hybridized carbons (Fsp3) is 0.647. The van der Waals surface area contributed by atoms with Gasteiger partial charge in [0.05, 0.1) is 12.2 Å². The summed E-state index contributed by atoms with van der Waals surface area (Å²) >= 11 is 0. The van der Waals surface area contributed by atoms with Crippen LogP contribution in [-0.4, -0.2) is 23.9 Å². The summed E-state index contributed by atoms with van der Waals surface area (Å²) in [5, 5.41) is 13.7. The highest BCUT2D eigenvalue weighted by atomic mass is 16.5. The van der Waals surface area contributed by atoms with Crippen LogP contribution in [0, 0.1) is 5.92 Å². The van der Waals surface area contributed by atoms with E-state index < -0.39 is 5.60 Å². The molecule has 2 N–H and O–H groups in total. The van der Waals surface area contributed by atoms with Crippen LogP contribution in [0.1, 0.15) is 52.6 Å². The number of ether oxygens (including phenoxy) is 1. The molecule has 0 aliphatic heterocycles. The fourth-order valence-corrected chi connectivity index (χ4v) is 2.46. The van der Waals surface area contributed by atoms with Crippen LogP contribution in [0.2, 0.25) is 0 Å². The van der Waals surface area contributed by atoms with Crippen LogP contribution in [0.5, 0.6) is 5.75 Å². The maximum Gasteiger partial charge on any atom is 0.119 e. The van der Waals surface area contributed by atoms with Crippen molar-refractivity contribution in [1.29, 1.82) is 0 Å². The fourth-order valence-electron chi connectivity index (χ4n) is 2.46. The summed E-state index contributed by atoms with van der Waals surface area (Å²) in [4.78, 5) is 0. The molecule has 0 aliphatic rings. The molecule has 3 nitrogen and oxygen atoms in total. The van der Waals surface area contributed by atoms with Gasteiger partial charge in [0.25, 0.3) is 0 Å². The minimum absolute atomic E-state index is 0.212. The average molecular weight is 279 g/mol. The van der Waals surface area contributed by atoms with Crippen LogP contribution < -0.4 is 10.1 Å². The van der Waals surface area contributed by atoms with Gasteiger partial charge in [0.15, 0.2) is 0 Å². The normalized spacial score (nSPS) is 15.9. The molecule has 0 heterocycles. The van der Waals surface area contributed by atoms with Gasteiger partial charge >= 0.3 is 0 Å². The Kier molecular flexibility index (Phi) is 6.50. The minimum atomic E-state index is -0.659. The van der Waals surface area contributed by atoms with Gasteiger partial charge < -0.3 is 15.2 Å². The predicted molar refractivity (Wildman–Crippen MR) is 84.1 cm³/mol. The van der Waals surface area contributed by atoms with Crippen LogP contribution in [0.25, 0.3) is 0 Å². The molecule has 1 rings (SSSR count). The summed E-state index contributed by atoms with van der Waals surface area (Å²) in [6, 6.07) is 8.33. The number of benzene rings is 1. The van der Waals surface area contributed by atoms with Gasteiger partial charge in [-0.25, -0.2) is 0 Å². The van der Waals surface area contributed by atoms with Gasteiger partial charge in [0.1, 0.15) is 5.75 Å². The van der Waals surface area contributed by atoms with Crippen LogP contribution in [0.4, 0.5) is 0 Å². The minimum Gasteiger partial charge on any atom is -0.494 e. The lowest BCUT2D eigenvalue weighted by Crippen LogP contribution is -2.39. The quantitative estimate of drug-likeness (QED) is 0.765. The summed E-state index contributed by atoms with van der Waals surface area (Å²) in [6.45, 7) is 11.5. The molecule has 0 aromatic heterocycles. The molecule has 0 aliphatic carbocycles. The molecule has 1 aromatic rings. The molecule has 0 saturated heterocycles. The Bertz CT molecular complexity index is 384. The van der Waals surface area contributed by atoms with Crippen molar-refractivity contribution >= 4 is 0 Å². The van der Waals surface area contributed by atoms with Crippen LogP contribution >= 0.6 is 0 Å². The van der Waals surface area contributed by atoms with Gasteiger partial charge in [-0.15, -0.1) is 0 Å². The lowest BCUT2D eigenvalue weighted by Gasteiger charge is -2.27. The van der Waals surface area contributed by atoms with E-state index in [1.807, 2.05) is 26.0 Å². The maximum absolute atomic E-state index is 10.3. The lowest BCUT2D eigenvalue weighted by molar-refractivity contribution is 0.0363. The summed E-state index contributed by atoms with van der Waals surface area (Å²) < 4.78 is 5.44. The second kappa shape index (κ2) is 7.65. The van der Waals surface area contributed by atoms with Crippen LogP contribution in [0.3, 0.4) is 0 Å². The first-order valence-corrected chi connectivity index (χ1v) is 7.52. The zero-order valence-corrected chi connectivity index (χ0v) is 13.4. The second-order valence-electron chi connectivity index (χ2n) is 6.20. The standard InChI is InChI=1S/C17H29NO2/c1-6-20-16-9-7-15(8-10-16)14(4)18-12-17(5,19)11-13(2)3/h7-10,13-14,18-19H,6,11-12H2,1-5H3. The van der Waals surface area contributed by atoms with Crippen molar-refractivity contribution in [2.75, 3.05) is 13.2 Å². The molecule has 0 spiro atoms. The SMILES string of the molecule is CCOc1ccc(C(C)NCC(C)(O)CC(C)C)cc1. The number of rotatable bonds is 8. The third kappa shape index (κ3) is 5.93. The molecular formula is C17H29NO2. The van der Waals surface area contributed by atoms with Crippen molar-refractivity contribution in [3.63, 3.8) is 0 Å². The smallest absolute Gasteiger partial charge is 0.119 e. The van der Waals surface area contributed by atoms with E-state index in [2.05, 4.69) is 38.2 Å². The second-order valence-corrected chi connectivity index (χ2v) is 6.20. The molecule has 114 valence electrons.